The highest BCUT2D eigenvalue weighted by molar-refractivity contribution is 6.08. The molecule has 0 amide bonds. The lowest BCUT2D eigenvalue weighted by atomic mass is 9.44. The molecule has 4 aliphatic rings. The molecular formula is C20H24O10. The number of hydrogen-bond acceptors (Lipinski definition) is 10. The van der Waals surface area contributed by atoms with Gasteiger partial charge in [-0.3, -0.25) is 14.4 Å². The van der Waals surface area contributed by atoms with Crippen LogP contribution in [0.25, 0.3) is 0 Å². The average Bonchev–Trinajstić information content (AvgIpc) is 2.78. The number of hydrogen-bond donors (Lipinski definition) is 0. The van der Waals surface area contributed by atoms with Gasteiger partial charge in [0.05, 0.1) is 32.0 Å². The van der Waals surface area contributed by atoms with Crippen LogP contribution in [0.4, 0.5) is 0 Å². The van der Waals surface area contributed by atoms with Gasteiger partial charge in [0, 0.05) is 34.0 Å². The van der Waals surface area contributed by atoms with Gasteiger partial charge in [-0.25, -0.2) is 4.79 Å². The fourth-order valence-corrected chi connectivity index (χ4v) is 5.27. The summed E-state index contributed by atoms with van der Waals surface area (Å²) in [5.74, 6) is -10.6. The van der Waals surface area contributed by atoms with E-state index >= 15 is 0 Å². The Morgan fingerprint density at radius 1 is 0.867 bits per heavy atom. The summed E-state index contributed by atoms with van der Waals surface area (Å²) in [5, 5.41) is 0. The molecule has 0 unspecified atom stereocenters. The smallest absolute Gasteiger partial charge is 0.333 e. The summed E-state index contributed by atoms with van der Waals surface area (Å²) in [5.41, 5.74) is -1.69. The minimum absolute atomic E-state index is 0.0110. The molecule has 0 saturated heterocycles. The van der Waals surface area contributed by atoms with Crippen molar-refractivity contribution in [3.8, 4) is 0 Å². The SMILES string of the molecule is COC(=O)C1=C[C@H]2C(=O)C(OC)(OC)[C@H]1[C@@H]1C(OC)(OC)C(=O)C=C[C@@]12C(=O)OC. The van der Waals surface area contributed by atoms with Gasteiger partial charge < -0.3 is 28.4 Å². The maximum Gasteiger partial charge on any atom is 0.333 e. The molecular weight excluding hydrogens is 400 g/mol. The van der Waals surface area contributed by atoms with Crippen molar-refractivity contribution in [1.82, 2.24) is 0 Å². The molecule has 0 aromatic carbocycles. The Hall–Kier alpha value is -2.40. The molecule has 0 heterocycles. The second kappa shape index (κ2) is 7.38. The van der Waals surface area contributed by atoms with E-state index in [1.807, 2.05) is 0 Å². The molecule has 4 rings (SSSR count). The lowest BCUT2D eigenvalue weighted by Crippen LogP contribution is -2.76. The van der Waals surface area contributed by atoms with Crippen LogP contribution in [0.2, 0.25) is 0 Å². The van der Waals surface area contributed by atoms with Crippen molar-refractivity contribution in [2.75, 3.05) is 42.7 Å². The summed E-state index contributed by atoms with van der Waals surface area (Å²) in [7, 11) is 7.27. The minimum Gasteiger partial charge on any atom is -0.468 e. The fourth-order valence-electron chi connectivity index (χ4n) is 5.27. The third-order valence-corrected chi connectivity index (χ3v) is 6.52. The molecule has 0 aliphatic heterocycles. The third kappa shape index (κ3) is 2.33. The first-order chi connectivity index (χ1) is 14.2. The molecule has 30 heavy (non-hydrogen) atoms. The lowest BCUT2D eigenvalue weighted by molar-refractivity contribution is -0.309. The quantitative estimate of drug-likeness (QED) is 0.418. The molecule has 4 atom stereocenters. The molecule has 1 saturated carbocycles. The Balaban J connectivity index is 2.47. The third-order valence-electron chi connectivity index (χ3n) is 6.52. The molecule has 10 heteroatoms. The fraction of sp³-hybridized carbons (Fsp3) is 0.600. The summed E-state index contributed by atoms with van der Waals surface area (Å²) in [6, 6.07) is 0. The van der Waals surface area contributed by atoms with E-state index < -0.39 is 58.2 Å². The van der Waals surface area contributed by atoms with Crippen molar-refractivity contribution in [1.29, 1.82) is 0 Å². The van der Waals surface area contributed by atoms with E-state index in [0.717, 1.165) is 13.2 Å². The molecule has 164 valence electrons. The molecule has 0 aromatic heterocycles. The second-order valence-corrected chi connectivity index (χ2v) is 7.18. The number of esters is 2. The Labute approximate surface area is 173 Å². The van der Waals surface area contributed by atoms with Gasteiger partial charge in [-0.2, -0.15) is 0 Å². The largest absolute Gasteiger partial charge is 0.468 e. The summed E-state index contributed by atoms with van der Waals surface area (Å²) in [6.45, 7) is 0. The maximum absolute atomic E-state index is 13.5. The van der Waals surface area contributed by atoms with E-state index in [-0.39, 0.29) is 5.57 Å². The minimum atomic E-state index is -2.03. The second-order valence-electron chi connectivity index (χ2n) is 7.18. The summed E-state index contributed by atoms with van der Waals surface area (Å²) in [4.78, 5) is 52.3. The van der Waals surface area contributed by atoms with Crippen LogP contribution in [0, 0.1) is 23.2 Å². The predicted molar refractivity (Wildman–Crippen MR) is 97.7 cm³/mol. The number of ether oxygens (including phenoxy) is 6. The van der Waals surface area contributed by atoms with E-state index in [1.54, 1.807) is 0 Å². The zero-order chi connectivity index (χ0) is 22.5. The first kappa shape index (κ1) is 22.3. The summed E-state index contributed by atoms with van der Waals surface area (Å²) in [6.07, 6.45) is 3.79. The number of Topliss-reactive ketones (excluding diaryl/α,β-unsaturated/α-hetero) is 1. The summed E-state index contributed by atoms with van der Waals surface area (Å²) < 4.78 is 32.0. The van der Waals surface area contributed by atoms with Gasteiger partial charge in [0.1, 0.15) is 5.41 Å². The van der Waals surface area contributed by atoms with E-state index in [2.05, 4.69) is 0 Å². The van der Waals surface area contributed by atoms with Crippen molar-refractivity contribution < 1.29 is 47.6 Å². The van der Waals surface area contributed by atoms with Gasteiger partial charge in [0.15, 0.2) is 0 Å². The van der Waals surface area contributed by atoms with E-state index in [1.165, 1.54) is 47.7 Å². The van der Waals surface area contributed by atoms with Crippen molar-refractivity contribution in [3.05, 3.63) is 23.8 Å². The number of carbonyl (C=O) groups excluding carboxylic acids is 4. The topological polar surface area (TPSA) is 124 Å². The van der Waals surface area contributed by atoms with Crippen LogP contribution in [0.1, 0.15) is 0 Å². The number of ketones is 2. The van der Waals surface area contributed by atoms with Crippen LogP contribution < -0.4 is 0 Å². The van der Waals surface area contributed by atoms with Crippen molar-refractivity contribution in [2.45, 2.75) is 11.6 Å². The zero-order valence-corrected chi connectivity index (χ0v) is 17.5. The van der Waals surface area contributed by atoms with Crippen LogP contribution in [0.15, 0.2) is 23.8 Å². The first-order valence-corrected chi connectivity index (χ1v) is 9.09. The standard InChI is InChI=1S/C20H24O10/c1-25-16(23)10-9-11-15(22)20(29-5,30-6)13(10)14-18(11,17(24)26-2)8-7-12(21)19(14,27-3)28-4/h7-9,11,13-14H,1-6H3/t11-,13+,14-,18-/m0/s1. The molecule has 10 nitrogen and oxygen atoms in total. The van der Waals surface area contributed by atoms with Crippen LogP contribution in [0.5, 0.6) is 0 Å². The van der Waals surface area contributed by atoms with Gasteiger partial charge >= 0.3 is 11.9 Å². The number of carbonyl (C=O) groups is 4. The van der Waals surface area contributed by atoms with Crippen molar-refractivity contribution in [2.24, 2.45) is 23.2 Å². The number of rotatable bonds is 6. The van der Waals surface area contributed by atoms with E-state index in [0.29, 0.717) is 0 Å². The predicted octanol–water partition coefficient (Wildman–Crippen LogP) is -0.193. The van der Waals surface area contributed by atoms with E-state index in [9.17, 15) is 19.2 Å². The lowest BCUT2D eigenvalue weighted by Gasteiger charge is -2.61. The van der Waals surface area contributed by atoms with E-state index in [4.69, 9.17) is 28.4 Å². The Kier molecular flexibility index (Phi) is 5.48. The highest BCUT2D eigenvalue weighted by atomic mass is 16.7. The van der Waals surface area contributed by atoms with Gasteiger partial charge in [-0.1, -0.05) is 12.2 Å². The molecule has 0 radical (unpaired) electrons. The molecule has 0 aromatic rings. The number of methoxy groups -OCH3 is 6. The van der Waals surface area contributed by atoms with Gasteiger partial charge in [-0.05, 0) is 6.08 Å². The molecule has 0 N–H and O–H groups in total. The molecule has 2 bridgehead atoms. The van der Waals surface area contributed by atoms with Crippen LogP contribution >= 0.6 is 0 Å². The Morgan fingerprint density at radius 2 is 1.43 bits per heavy atom. The highest BCUT2D eigenvalue weighted by Gasteiger charge is 2.79. The van der Waals surface area contributed by atoms with Crippen LogP contribution in [-0.4, -0.2) is 77.7 Å². The van der Waals surface area contributed by atoms with Crippen LogP contribution in [-0.2, 0) is 47.6 Å². The molecule has 4 aliphatic carbocycles. The molecule has 1 fully saturated rings. The monoisotopic (exact) mass is 424 g/mol. The highest BCUT2D eigenvalue weighted by Crippen LogP contribution is 2.64. The van der Waals surface area contributed by atoms with Crippen molar-refractivity contribution >= 4 is 23.5 Å². The van der Waals surface area contributed by atoms with Gasteiger partial charge in [-0.15, -0.1) is 0 Å². The number of fused-ring (bicyclic) bond motifs is 1. The van der Waals surface area contributed by atoms with Crippen LogP contribution in [0.3, 0.4) is 0 Å². The Morgan fingerprint density at radius 3 is 1.90 bits per heavy atom. The Bertz CT molecular complexity index is 848. The average molecular weight is 424 g/mol. The normalized spacial score (nSPS) is 33.0. The summed E-state index contributed by atoms with van der Waals surface area (Å²) >= 11 is 0. The number of allylic oxidation sites excluding steroid dienone is 1. The van der Waals surface area contributed by atoms with Gasteiger partial charge in [0.2, 0.25) is 23.1 Å². The molecule has 0 spiro atoms. The van der Waals surface area contributed by atoms with Gasteiger partial charge in [0.25, 0.3) is 0 Å². The first-order valence-electron chi connectivity index (χ1n) is 9.09. The zero-order valence-electron chi connectivity index (χ0n) is 17.5. The maximum atomic E-state index is 13.5. The van der Waals surface area contributed by atoms with Crippen molar-refractivity contribution in [3.63, 3.8) is 0 Å².